The molecule has 0 radical (unpaired) electrons. The molecule has 1 aromatic rings. The first kappa shape index (κ1) is 14.4. The van der Waals surface area contributed by atoms with Crippen molar-refractivity contribution in [3.8, 4) is 0 Å². The van der Waals surface area contributed by atoms with Gasteiger partial charge in [0.25, 0.3) is 0 Å². The van der Waals surface area contributed by atoms with Crippen LogP contribution in [0.2, 0.25) is 0 Å². The van der Waals surface area contributed by atoms with Crippen molar-refractivity contribution < 1.29 is 4.74 Å². The summed E-state index contributed by atoms with van der Waals surface area (Å²) < 4.78 is 5.69. The summed E-state index contributed by atoms with van der Waals surface area (Å²) in [5, 5.41) is 0. The molecule has 2 N–H and O–H groups in total. The highest BCUT2D eigenvalue weighted by Gasteiger charge is 2.19. The molecule has 5 heteroatoms. The van der Waals surface area contributed by atoms with Gasteiger partial charge in [-0.05, 0) is 31.0 Å². The van der Waals surface area contributed by atoms with Crippen LogP contribution in [0.5, 0.6) is 0 Å². The molecule has 1 aliphatic heterocycles. The van der Waals surface area contributed by atoms with E-state index in [4.69, 9.17) is 22.7 Å². The molecule has 4 nitrogen and oxygen atoms in total. The van der Waals surface area contributed by atoms with E-state index in [1.165, 1.54) is 6.42 Å². The predicted octanol–water partition coefficient (Wildman–Crippen LogP) is 1.72. The molecule has 0 aromatic carbocycles. The van der Waals surface area contributed by atoms with E-state index in [0.29, 0.717) is 11.1 Å². The number of pyridine rings is 1. The first-order chi connectivity index (χ1) is 9.20. The molecule has 104 valence electrons. The van der Waals surface area contributed by atoms with Gasteiger partial charge in [0.1, 0.15) is 10.7 Å². The van der Waals surface area contributed by atoms with Crippen molar-refractivity contribution in [2.75, 3.05) is 19.7 Å². The van der Waals surface area contributed by atoms with Crippen LogP contribution in [0.15, 0.2) is 18.3 Å². The third kappa shape index (κ3) is 3.96. The van der Waals surface area contributed by atoms with Crippen LogP contribution in [0.4, 0.5) is 0 Å². The number of aromatic nitrogens is 1. The Morgan fingerprint density at radius 1 is 1.63 bits per heavy atom. The maximum atomic E-state index is 5.72. The van der Waals surface area contributed by atoms with E-state index in [0.717, 1.165) is 43.9 Å². The lowest BCUT2D eigenvalue weighted by Gasteiger charge is -2.24. The zero-order valence-electron chi connectivity index (χ0n) is 11.3. The van der Waals surface area contributed by atoms with Gasteiger partial charge in [-0.1, -0.05) is 25.2 Å². The molecular weight excluding hydrogens is 258 g/mol. The maximum Gasteiger partial charge on any atom is 0.123 e. The fourth-order valence-corrected chi connectivity index (χ4v) is 2.59. The van der Waals surface area contributed by atoms with E-state index in [2.05, 4.69) is 16.8 Å². The Kier molecular flexibility index (Phi) is 5.24. The number of nitrogens with zero attached hydrogens (tertiary/aromatic N) is 2. The largest absolute Gasteiger partial charge is 0.388 e. The lowest BCUT2D eigenvalue weighted by molar-refractivity contribution is 0.0724. The summed E-state index contributed by atoms with van der Waals surface area (Å²) in [5.41, 5.74) is 7.55. The second kappa shape index (κ2) is 6.93. The van der Waals surface area contributed by atoms with Gasteiger partial charge in [0.15, 0.2) is 0 Å². The minimum atomic E-state index is 0.365. The van der Waals surface area contributed by atoms with Crippen LogP contribution >= 0.6 is 12.2 Å². The summed E-state index contributed by atoms with van der Waals surface area (Å²) in [6.45, 7) is 5.81. The average Bonchev–Trinajstić information content (AvgIpc) is 2.91. The SMILES string of the molecule is CCN(Cc1cccnc1C(N)=S)CC1CCCO1. The van der Waals surface area contributed by atoms with E-state index < -0.39 is 0 Å². The number of hydrogen-bond donors (Lipinski definition) is 1. The highest BCUT2D eigenvalue weighted by Crippen LogP contribution is 2.15. The van der Waals surface area contributed by atoms with Crippen LogP contribution in [0.1, 0.15) is 31.0 Å². The van der Waals surface area contributed by atoms with Crippen LogP contribution in [-0.4, -0.2) is 40.7 Å². The molecule has 0 saturated carbocycles. The normalized spacial score (nSPS) is 18.9. The molecule has 2 heterocycles. The zero-order valence-corrected chi connectivity index (χ0v) is 12.2. The summed E-state index contributed by atoms with van der Waals surface area (Å²) in [5.74, 6) is 0. The molecular formula is C14H21N3OS. The number of likely N-dealkylation sites (N-methyl/N-ethyl adjacent to an activating group) is 1. The van der Waals surface area contributed by atoms with Crippen LogP contribution in [0, 0.1) is 0 Å². The van der Waals surface area contributed by atoms with Crippen LogP contribution in [0.3, 0.4) is 0 Å². The molecule has 1 aromatic heterocycles. The van der Waals surface area contributed by atoms with Crippen molar-refractivity contribution in [3.63, 3.8) is 0 Å². The van der Waals surface area contributed by atoms with Gasteiger partial charge >= 0.3 is 0 Å². The van der Waals surface area contributed by atoms with Gasteiger partial charge in [0, 0.05) is 25.9 Å². The topological polar surface area (TPSA) is 51.4 Å². The minimum absolute atomic E-state index is 0.365. The maximum absolute atomic E-state index is 5.72. The Hall–Kier alpha value is -1.04. The van der Waals surface area contributed by atoms with Gasteiger partial charge in [-0.2, -0.15) is 0 Å². The third-order valence-electron chi connectivity index (χ3n) is 3.45. The molecule has 1 aliphatic rings. The van der Waals surface area contributed by atoms with E-state index in [1.807, 2.05) is 12.1 Å². The van der Waals surface area contributed by atoms with Gasteiger partial charge in [-0.15, -0.1) is 0 Å². The van der Waals surface area contributed by atoms with Crippen molar-refractivity contribution in [2.24, 2.45) is 5.73 Å². The summed E-state index contributed by atoms with van der Waals surface area (Å²) in [6.07, 6.45) is 4.43. The van der Waals surface area contributed by atoms with Crippen molar-refractivity contribution in [1.29, 1.82) is 0 Å². The van der Waals surface area contributed by atoms with Gasteiger partial charge in [0.2, 0.25) is 0 Å². The number of ether oxygens (including phenoxy) is 1. The van der Waals surface area contributed by atoms with Gasteiger partial charge in [0.05, 0.1) is 6.10 Å². The third-order valence-corrected chi connectivity index (χ3v) is 3.65. The lowest BCUT2D eigenvalue weighted by atomic mass is 10.1. The molecule has 0 amide bonds. The Bertz CT molecular complexity index is 432. The first-order valence-corrected chi connectivity index (χ1v) is 7.19. The molecule has 0 spiro atoms. The van der Waals surface area contributed by atoms with Crippen LogP contribution < -0.4 is 5.73 Å². The first-order valence-electron chi connectivity index (χ1n) is 6.78. The monoisotopic (exact) mass is 279 g/mol. The summed E-state index contributed by atoms with van der Waals surface area (Å²) >= 11 is 5.05. The summed E-state index contributed by atoms with van der Waals surface area (Å²) in [6, 6.07) is 3.97. The Labute approximate surface area is 120 Å². The van der Waals surface area contributed by atoms with Crippen molar-refractivity contribution in [2.45, 2.75) is 32.4 Å². The molecule has 1 atom stereocenters. The highest BCUT2D eigenvalue weighted by molar-refractivity contribution is 7.80. The molecule has 1 saturated heterocycles. The standard InChI is InChI=1S/C14H21N3OS/c1-2-17(10-12-6-4-8-18-12)9-11-5-3-7-16-13(11)14(15)19/h3,5,7,12H,2,4,6,8-10H2,1H3,(H2,15,19). The fourth-order valence-electron chi connectivity index (χ4n) is 2.41. The highest BCUT2D eigenvalue weighted by atomic mass is 32.1. The van der Waals surface area contributed by atoms with Crippen LogP contribution in [0.25, 0.3) is 0 Å². The number of thiocarbonyl (C=S) groups is 1. The lowest BCUT2D eigenvalue weighted by Crippen LogP contribution is -2.32. The van der Waals surface area contributed by atoms with Crippen molar-refractivity contribution >= 4 is 17.2 Å². The fraction of sp³-hybridized carbons (Fsp3) is 0.571. The second-order valence-corrected chi connectivity index (χ2v) is 5.28. The number of hydrogen-bond acceptors (Lipinski definition) is 4. The van der Waals surface area contributed by atoms with Gasteiger partial charge in [-0.3, -0.25) is 9.88 Å². The Balaban J connectivity index is 2.03. The van der Waals surface area contributed by atoms with E-state index >= 15 is 0 Å². The molecule has 19 heavy (non-hydrogen) atoms. The molecule has 0 bridgehead atoms. The zero-order chi connectivity index (χ0) is 13.7. The Morgan fingerprint density at radius 3 is 3.11 bits per heavy atom. The van der Waals surface area contributed by atoms with Crippen LogP contribution in [-0.2, 0) is 11.3 Å². The van der Waals surface area contributed by atoms with Gasteiger partial charge in [-0.25, -0.2) is 0 Å². The van der Waals surface area contributed by atoms with Crippen molar-refractivity contribution in [3.05, 3.63) is 29.6 Å². The minimum Gasteiger partial charge on any atom is -0.388 e. The summed E-state index contributed by atoms with van der Waals surface area (Å²) in [4.78, 5) is 6.99. The van der Waals surface area contributed by atoms with E-state index in [9.17, 15) is 0 Å². The number of rotatable bonds is 6. The molecule has 1 unspecified atom stereocenters. The smallest absolute Gasteiger partial charge is 0.123 e. The summed E-state index contributed by atoms with van der Waals surface area (Å²) in [7, 11) is 0. The van der Waals surface area contributed by atoms with Crippen molar-refractivity contribution in [1.82, 2.24) is 9.88 Å². The van der Waals surface area contributed by atoms with Gasteiger partial charge < -0.3 is 10.5 Å². The second-order valence-electron chi connectivity index (χ2n) is 4.84. The molecule has 2 rings (SSSR count). The quantitative estimate of drug-likeness (QED) is 0.804. The Morgan fingerprint density at radius 2 is 2.47 bits per heavy atom. The number of nitrogens with two attached hydrogens (primary N) is 1. The molecule has 0 aliphatic carbocycles. The molecule has 1 fully saturated rings. The predicted molar refractivity (Wildman–Crippen MR) is 80.0 cm³/mol. The van der Waals surface area contributed by atoms with E-state index in [1.54, 1.807) is 6.20 Å². The average molecular weight is 279 g/mol. The van der Waals surface area contributed by atoms with E-state index in [-0.39, 0.29) is 0 Å².